The first-order valence-electron chi connectivity index (χ1n) is 9.49. The van der Waals surface area contributed by atoms with E-state index in [2.05, 4.69) is 15.9 Å². The van der Waals surface area contributed by atoms with Crippen LogP contribution in [0.5, 0.6) is 0 Å². The molecule has 1 aromatic carbocycles. The van der Waals surface area contributed by atoms with Crippen LogP contribution in [0.25, 0.3) is 11.0 Å². The number of halogens is 1. The van der Waals surface area contributed by atoms with Crippen LogP contribution in [-0.4, -0.2) is 35.7 Å². The minimum Gasteiger partial charge on any atom is -0.461 e. The van der Waals surface area contributed by atoms with E-state index >= 15 is 0 Å². The van der Waals surface area contributed by atoms with Gasteiger partial charge in [0.1, 0.15) is 17.8 Å². The van der Waals surface area contributed by atoms with Crippen molar-refractivity contribution in [1.82, 2.24) is 4.90 Å². The number of piperidine rings is 1. The Kier molecular flexibility index (Phi) is 6.31. The highest BCUT2D eigenvalue weighted by Gasteiger charge is 2.30. The van der Waals surface area contributed by atoms with Crippen LogP contribution in [0.15, 0.2) is 37.9 Å². The van der Waals surface area contributed by atoms with Gasteiger partial charge in [0, 0.05) is 34.6 Å². The van der Waals surface area contributed by atoms with Crippen molar-refractivity contribution >= 4 is 39.0 Å². The van der Waals surface area contributed by atoms with Gasteiger partial charge in [-0.15, -0.1) is 0 Å². The molecule has 29 heavy (non-hydrogen) atoms. The van der Waals surface area contributed by atoms with Crippen molar-refractivity contribution in [3.63, 3.8) is 0 Å². The van der Waals surface area contributed by atoms with Gasteiger partial charge in [0.15, 0.2) is 0 Å². The minimum atomic E-state index is -0.548. The predicted octanol–water partition coefficient (Wildman–Crippen LogP) is 4.25. The molecule has 3 rings (SSSR count). The Balaban J connectivity index is 1.58. The second-order valence-corrected chi connectivity index (χ2v) is 9.00. The van der Waals surface area contributed by atoms with Crippen molar-refractivity contribution in [2.24, 2.45) is 5.92 Å². The lowest BCUT2D eigenvalue weighted by Crippen LogP contribution is -2.43. The maximum absolute atomic E-state index is 12.5. The van der Waals surface area contributed by atoms with Crippen LogP contribution in [0, 0.1) is 5.92 Å². The lowest BCUT2D eigenvalue weighted by atomic mass is 9.97. The van der Waals surface area contributed by atoms with Gasteiger partial charge in [0.2, 0.25) is 0 Å². The molecule has 0 radical (unpaired) electrons. The molecule has 1 aromatic heterocycles. The summed E-state index contributed by atoms with van der Waals surface area (Å²) in [5.74, 6) is -0.610. The predicted molar refractivity (Wildman–Crippen MR) is 111 cm³/mol. The van der Waals surface area contributed by atoms with Gasteiger partial charge in [0.05, 0.1) is 5.92 Å². The first-order valence-corrected chi connectivity index (χ1v) is 10.3. The first kappa shape index (κ1) is 21.4. The summed E-state index contributed by atoms with van der Waals surface area (Å²) in [6.07, 6.45) is 0.670. The second-order valence-electron chi connectivity index (χ2n) is 8.08. The van der Waals surface area contributed by atoms with Crippen molar-refractivity contribution in [1.29, 1.82) is 0 Å². The molecule has 0 atom stereocenters. The van der Waals surface area contributed by atoms with Crippen LogP contribution >= 0.6 is 15.9 Å². The third kappa shape index (κ3) is 5.59. The number of rotatable bonds is 3. The molecule has 0 aliphatic carbocycles. The molecule has 1 fully saturated rings. The van der Waals surface area contributed by atoms with E-state index in [9.17, 15) is 14.4 Å². The highest BCUT2D eigenvalue weighted by Crippen LogP contribution is 2.24. The number of hydrogen-bond donors (Lipinski definition) is 0. The summed E-state index contributed by atoms with van der Waals surface area (Å²) in [5, 5.41) is 0.723. The number of likely N-dealkylation sites (tertiary alicyclic amines) is 1. The summed E-state index contributed by atoms with van der Waals surface area (Å²) in [6.45, 7) is 6.35. The summed E-state index contributed by atoms with van der Waals surface area (Å²) in [5.41, 5.74) is -0.00708. The average Bonchev–Trinajstić information content (AvgIpc) is 2.64. The number of esters is 1. The minimum absolute atomic E-state index is 0.00511. The van der Waals surface area contributed by atoms with Gasteiger partial charge >= 0.3 is 17.7 Å². The molecule has 1 saturated heterocycles. The van der Waals surface area contributed by atoms with Gasteiger partial charge < -0.3 is 18.8 Å². The largest absolute Gasteiger partial charge is 0.461 e. The van der Waals surface area contributed by atoms with Gasteiger partial charge in [-0.3, -0.25) is 4.79 Å². The maximum atomic E-state index is 12.5. The number of benzene rings is 1. The third-order valence-corrected chi connectivity index (χ3v) is 5.14. The number of hydrogen-bond acceptors (Lipinski definition) is 6. The Hall–Kier alpha value is -2.35. The monoisotopic (exact) mass is 465 g/mol. The molecule has 0 saturated carbocycles. The number of fused-ring (bicyclic) bond motifs is 1. The highest BCUT2D eigenvalue weighted by molar-refractivity contribution is 9.10. The second kappa shape index (κ2) is 8.57. The van der Waals surface area contributed by atoms with E-state index in [-0.39, 0.29) is 24.6 Å². The van der Waals surface area contributed by atoms with E-state index in [1.807, 2.05) is 32.9 Å². The lowest BCUT2D eigenvalue weighted by Gasteiger charge is -2.32. The van der Waals surface area contributed by atoms with Crippen LogP contribution in [0.4, 0.5) is 4.79 Å². The average molecular weight is 466 g/mol. The Morgan fingerprint density at radius 2 is 1.90 bits per heavy atom. The van der Waals surface area contributed by atoms with E-state index in [0.717, 1.165) is 9.86 Å². The molecular weight excluding hydrogens is 442 g/mol. The van der Waals surface area contributed by atoms with E-state index in [1.165, 1.54) is 6.07 Å². The maximum Gasteiger partial charge on any atom is 0.410 e. The standard InChI is InChI=1S/C21H24BrNO6/c1-21(2,3)29-20(26)23-8-6-13(7-9-23)19(25)27-12-14-10-18(24)28-17-11-15(22)4-5-16(14)17/h4-5,10-11,13H,6-9,12H2,1-3H3. The number of amides is 1. The Bertz CT molecular complexity index is 969. The number of nitrogens with zero attached hydrogens (tertiary/aromatic N) is 1. The zero-order chi connectivity index (χ0) is 21.2. The molecule has 1 aliphatic heterocycles. The van der Waals surface area contributed by atoms with Gasteiger partial charge in [-0.2, -0.15) is 0 Å². The van der Waals surface area contributed by atoms with Gasteiger partial charge in [-0.1, -0.05) is 15.9 Å². The first-order chi connectivity index (χ1) is 13.6. The normalized spacial score (nSPS) is 15.4. The molecule has 2 heterocycles. The quantitative estimate of drug-likeness (QED) is 0.497. The molecular formula is C21H24BrNO6. The number of carbonyl (C=O) groups excluding carboxylic acids is 2. The smallest absolute Gasteiger partial charge is 0.410 e. The molecule has 0 spiro atoms. The van der Waals surface area contributed by atoms with Crippen molar-refractivity contribution in [2.45, 2.75) is 45.8 Å². The summed E-state index contributed by atoms with van der Waals surface area (Å²) in [7, 11) is 0. The van der Waals surface area contributed by atoms with E-state index in [1.54, 1.807) is 11.0 Å². The molecule has 0 N–H and O–H groups in total. The molecule has 0 bridgehead atoms. The Labute approximate surface area is 177 Å². The summed E-state index contributed by atoms with van der Waals surface area (Å²) in [4.78, 5) is 38.0. The lowest BCUT2D eigenvalue weighted by molar-refractivity contribution is -0.151. The fourth-order valence-electron chi connectivity index (χ4n) is 3.21. The number of ether oxygens (including phenoxy) is 2. The highest BCUT2D eigenvalue weighted by atomic mass is 79.9. The van der Waals surface area contributed by atoms with Crippen LogP contribution in [-0.2, 0) is 20.9 Å². The van der Waals surface area contributed by atoms with Crippen molar-refractivity contribution in [3.8, 4) is 0 Å². The van der Waals surface area contributed by atoms with Crippen LogP contribution in [0.1, 0.15) is 39.2 Å². The molecule has 8 heteroatoms. The third-order valence-electron chi connectivity index (χ3n) is 4.64. The molecule has 0 unspecified atom stereocenters. The van der Waals surface area contributed by atoms with Crippen LogP contribution in [0.3, 0.4) is 0 Å². The van der Waals surface area contributed by atoms with E-state index in [0.29, 0.717) is 37.1 Å². The fourth-order valence-corrected chi connectivity index (χ4v) is 3.55. The Morgan fingerprint density at radius 3 is 2.55 bits per heavy atom. The van der Waals surface area contributed by atoms with Gasteiger partial charge in [-0.05, 0) is 51.8 Å². The Morgan fingerprint density at radius 1 is 1.21 bits per heavy atom. The zero-order valence-corrected chi connectivity index (χ0v) is 18.3. The van der Waals surface area contributed by atoms with E-state index < -0.39 is 11.2 Å². The molecule has 2 aromatic rings. The molecule has 7 nitrogen and oxygen atoms in total. The van der Waals surface area contributed by atoms with E-state index in [4.69, 9.17) is 13.9 Å². The van der Waals surface area contributed by atoms with Crippen molar-refractivity contribution < 1.29 is 23.5 Å². The number of carbonyl (C=O) groups is 2. The molecule has 1 aliphatic rings. The SMILES string of the molecule is CC(C)(C)OC(=O)N1CCC(C(=O)OCc2cc(=O)oc3cc(Br)ccc23)CC1. The van der Waals surface area contributed by atoms with Crippen LogP contribution in [0.2, 0.25) is 0 Å². The topological polar surface area (TPSA) is 86.0 Å². The van der Waals surface area contributed by atoms with Gasteiger partial charge in [0.25, 0.3) is 0 Å². The van der Waals surface area contributed by atoms with Gasteiger partial charge in [-0.25, -0.2) is 9.59 Å². The van der Waals surface area contributed by atoms with Crippen molar-refractivity contribution in [2.75, 3.05) is 13.1 Å². The van der Waals surface area contributed by atoms with Crippen LogP contribution < -0.4 is 5.63 Å². The zero-order valence-electron chi connectivity index (χ0n) is 16.7. The summed E-state index contributed by atoms with van der Waals surface area (Å²) < 4.78 is 16.8. The molecule has 1 amide bonds. The summed E-state index contributed by atoms with van der Waals surface area (Å²) in [6, 6.07) is 6.69. The fraction of sp³-hybridized carbons (Fsp3) is 0.476. The summed E-state index contributed by atoms with van der Waals surface area (Å²) >= 11 is 3.34. The molecule has 156 valence electrons. The van der Waals surface area contributed by atoms with Crippen molar-refractivity contribution in [3.05, 3.63) is 44.7 Å².